The first-order valence-corrected chi connectivity index (χ1v) is 14.1. The number of carbonyl (C=O) groups is 2. The van der Waals surface area contributed by atoms with Gasteiger partial charge in [-0.1, -0.05) is 35.3 Å². The van der Waals surface area contributed by atoms with Crippen LogP contribution in [0.3, 0.4) is 0 Å². The molecule has 11 heteroatoms. The second-order valence-corrected chi connectivity index (χ2v) is 11.5. The molecule has 0 bridgehead atoms. The van der Waals surface area contributed by atoms with Crippen molar-refractivity contribution in [2.24, 2.45) is 0 Å². The number of benzene rings is 2. The Balaban J connectivity index is 2.22. The van der Waals surface area contributed by atoms with Crippen molar-refractivity contribution in [2.45, 2.75) is 52.2 Å². The van der Waals surface area contributed by atoms with Gasteiger partial charge in [-0.3, -0.25) is 13.9 Å². The highest BCUT2D eigenvalue weighted by molar-refractivity contribution is 7.92. The molecule has 2 aromatic carbocycles. The molecule has 198 valence electrons. The molecule has 2 rings (SSSR count). The summed E-state index contributed by atoms with van der Waals surface area (Å²) in [5.74, 6) is 0.0842. The number of nitrogens with one attached hydrogen (secondary N) is 1. The third kappa shape index (κ3) is 8.57. The Kier molecular flexibility index (Phi) is 10.9. The molecule has 0 radical (unpaired) electrons. The van der Waals surface area contributed by atoms with Gasteiger partial charge in [-0.15, -0.1) is 0 Å². The van der Waals surface area contributed by atoms with Crippen molar-refractivity contribution in [3.8, 4) is 5.75 Å². The van der Waals surface area contributed by atoms with Crippen LogP contribution in [-0.2, 0) is 26.2 Å². The van der Waals surface area contributed by atoms with Crippen molar-refractivity contribution in [3.63, 3.8) is 0 Å². The highest BCUT2D eigenvalue weighted by Crippen LogP contribution is 2.31. The van der Waals surface area contributed by atoms with Crippen LogP contribution in [0.25, 0.3) is 0 Å². The molecule has 0 aliphatic rings. The molecule has 8 nitrogen and oxygen atoms in total. The number of rotatable bonds is 12. The Morgan fingerprint density at radius 2 is 1.78 bits per heavy atom. The molecule has 36 heavy (non-hydrogen) atoms. The third-order valence-electron chi connectivity index (χ3n) is 5.41. The zero-order valence-electron chi connectivity index (χ0n) is 21.1. The van der Waals surface area contributed by atoms with E-state index in [-0.39, 0.29) is 54.5 Å². The molecule has 1 N–H and O–H groups in total. The number of halogens is 2. The van der Waals surface area contributed by atoms with Crippen molar-refractivity contribution in [3.05, 3.63) is 58.1 Å². The number of carbonyl (C=O) groups excluding carboxylic acids is 2. The highest BCUT2D eigenvalue weighted by atomic mass is 35.5. The lowest BCUT2D eigenvalue weighted by atomic mass is 10.1. The molecule has 0 aliphatic heterocycles. The second-order valence-electron chi connectivity index (χ2n) is 8.75. The van der Waals surface area contributed by atoms with Crippen LogP contribution in [0, 0.1) is 0 Å². The number of nitrogens with zero attached hydrogens (tertiary/aromatic N) is 2. The number of ether oxygens (including phenoxy) is 1. The summed E-state index contributed by atoms with van der Waals surface area (Å²) in [6.45, 7) is 5.58. The fraction of sp³-hybridized carbons (Fsp3) is 0.440. The molecule has 0 spiro atoms. The van der Waals surface area contributed by atoms with E-state index in [4.69, 9.17) is 27.9 Å². The highest BCUT2D eigenvalue weighted by Gasteiger charge is 2.27. The summed E-state index contributed by atoms with van der Waals surface area (Å²) >= 11 is 12.3. The zero-order valence-corrected chi connectivity index (χ0v) is 23.5. The van der Waals surface area contributed by atoms with E-state index in [2.05, 4.69) is 5.32 Å². The third-order valence-corrected chi connectivity index (χ3v) is 7.15. The van der Waals surface area contributed by atoms with Crippen LogP contribution < -0.4 is 14.4 Å². The van der Waals surface area contributed by atoms with Gasteiger partial charge in [0.05, 0.1) is 24.1 Å². The Morgan fingerprint density at radius 1 is 1.08 bits per heavy atom. The molecule has 0 heterocycles. The van der Waals surface area contributed by atoms with Gasteiger partial charge in [0, 0.05) is 30.6 Å². The molecule has 1 atom stereocenters. The van der Waals surface area contributed by atoms with Gasteiger partial charge >= 0.3 is 0 Å². The van der Waals surface area contributed by atoms with Crippen molar-refractivity contribution in [1.29, 1.82) is 0 Å². The van der Waals surface area contributed by atoms with Gasteiger partial charge in [-0.2, -0.15) is 0 Å². The quantitative estimate of drug-likeness (QED) is 0.414. The predicted octanol–water partition coefficient (Wildman–Crippen LogP) is 4.49. The Morgan fingerprint density at radius 3 is 2.39 bits per heavy atom. The van der Waals surface area contributed by atoms with E-state index in [0.717, 1.165) is 16.1 Å². The van der Waals surface area contributed by atoms with Gasteiger partial charge in [0.1, 0.15) is 11.8 Å². The van der Waals surface area contributed by atoms with Crippen LogP contribution in [0.2, 0.25) is 10.0 Å². The standard InChI is InChI=1S/C25H33Cl2N3O5S/c1-17(2)28-25(32)18(3)29(16-19-8-6-9-21(14-19)35-4)24(31)10-7-13-30(36(5,33)34)23-15-20(26)11-12-22(23)27/h6,8-9,11-12,14-15,17-18H,7,10,13,16H2,1-5H3,(H,28,32)/t18-/m1/s1. The number of sulfonamides is 1. The molecule has 0 saturated heterocycles. The van der Waals surface area contributed by atoms with Crippen molar-refractivity contribution >= 4 is 50.7 Å². The second kappa shape index (κ2) is 13.2. The van der Waals surface area contributed by atoms with Crippen LogP contribution in [-0.4, -0.2) is 57.1 Å². The molecule has 0 fully saturated rings. The molecule has 0 aromatic heterocycles. The molecular weight excluding hydrogens is 525 g/mol. The minimum atomic E-state index is -3.69. The topological polar surface area (TPSA) is 96.0 Å². The van der Waals surface area contributed by atoms with Crippen molar-refractivity contribution in [2.75, 3.05) is 24.2 Å². The summed E-state index contributed by atoms with van der Waals surface area (Å²) in [6.07, 6.45) is 1.30. The first-order valence-electron chi connectivity index (χ1n) is 11.5. The number of anilines is 1. The van der Waals surface area contributed by atoms with E-state index in [9.17, 15) is 18.0 Å². The summed E-state index contributed by atoms with van der Waals surface area (Å²) in [4.78, 5) is 27.5. The summed E-state index contributed by atoms with van der Waals surface area (Å²) in [6, 6.07) is 11.0. The van der Waals surface area contributed by atoms with Crippen LogP contribution in [0.4, 0.5) is 5.69 Å². The van der Waals surface area contributed by atoms with E-state index >= 15 is 0 Å². The van der Waals surface area contributed by atoms with Crippen LogP contribution >= 0.6 is 23.2 Å². The SMILES string of the molecule is COc1cccc(CN(C(=O)CCCN(c2cc(Cl)ccc2Cl)S(C)(=O)=O)[C@H](C)C(=O)NC(C)C)c1. The minimum absolute atomic E-state index is 0.0181. The average Bonchev–Trinajstić information content (AvgIpc) is 2.80. The van der Waals surface area contributed by atoms with E-state index in [1.165, 1.54) is 17.0 Å². The van der Waals surface area contributed by atoms with Crippen LogP contribution in [0.5, 0.6) is 5.75 Å². The summed E-state index contributed by atoms with van der Waals surface area (Å²) < 4.78 is 31.4. The Hall–Kier alpha value is -2.49. The lowest BCUT2D eigenvalue weighted by molar-refractivity contribution is -0.140. The van der Waals surface area contributed by atoms with Gasteiger partial charge < -0.3 is 15.0 Å². The summed E-state index contributed by atoms with van der Waals surface area (Å²) in [5, 5.41) is 3.41. The summed E-state index contributed by atoms with van der Waals surface area (Å²) in [7, 11) is -2.13. The van der Waals surface area contributed by atoms with E-state index in [0.29, 0.717) is 10.8 Å². The monoisotopic (exact) mass is 557 g/mol. The smallest absolute Gasteiger partial charge is 0.242 e. The number of hydrogen-bond acceptors (Lipinski definition) is 5. The molecule has 2 amide bonds. The number of amides is 2. The molecular formula is C25H33Cl2N3O5S. The van der Waals surface area contributed by atoms with Gasteiger partial charge in [0.2, 0.25) is 21.8 Å². The van der Waals surface area contributed by atoms with E-state index in [1.807, 2.05) is 26.0 Å². The fourth-order valence-electron chi connectivity index (χ4n) is 3.61. The van der Waals surface area contributed by atoms with Gasteiger partial charge in [0.15, 0.2) is 0 Å². The lowest BCUT2D eigenvalue weighted by Gasteiger charge is -2.30. The fourth-order valence-corrected chi connectivity index (χ4v) is 5.02. The normalized spacial score (nSPS) is 12.2. The first kappa shape index (κ1) is 29.7. The molecule has 0 saturated carbocycles. The maximum absolute atomic E-state index is 13.3. The Bertz CT molecular complexity index is 1170. The van der Waals surface area contributed by atoms with Gasteiger partial charge in [-0.25, -0.2) is 8.42 Å². The zero-order chi connectivity index (χ0) is 27.0. The predicted molar refractivity (Wildman–Crippen MR) is 144 cm³/mol. The van der Waals surface area contributed by atoms with Crippen LogP contribution in [0.1, 0.15) is 39.2 Å². The van der Waals surface area contributed by atoms with E-state index < -0.39 is 16.1 Å². The number of methoxy groups -OCH3 is 1. The summed E-state index contributed by atoms with van der Waals surface area (Å²) in [5.41, 5.74) is 1.05. The molecule has 0 unspecified atom stereocenters. The Labute approximate surface area is 223 Å². The van der Waals surface area contributed by atoms with Crippen molar-refractivity contribution in [1.82, 2.24) is 10.2 Å². The first-order chi connectivity index (χ1) is 16.8. The maximum Gasteiger partial charge on any atom is 0.242 e. The van der Waals surface area contributed by atoms with E-state index in [1.54, 1.807) is 32.2 Å². The minimum Gasteiger partial charge on any atom is -0.497 e. The largest absolute Gasteiger partial charge is 0.497 e. The lowest BCUT2D eigenvalue weighted by Crippen LogP contribution is -2.49. The molecule has 2 aromatic rings. The van der Waals surface area contributed by atoms with Gasteiger partial charge in [0.25, 0.3) is 0 Å². The van der Waals surface area contributed by atoms with Crippen LogP contribution in [0.15, 0.2) is 42.5 Å². The maximum atomic E-state index is 13.3. The molecule has 0 aliphatic carbocycles. The average molecular weight is 559 g/mol. The number of hydrogen-bond donors (Lipinski definition) is 1. The van der Waals surface area contributed by atoms with Gasteiger partial charge in [-0.05, 0) is 63.1 Å². The van der Waals surface area contributed by atoms with Crippen molar-refractivity contribution < 1.29 is 22.7 Å².